The molecule has 0 radical (unpaired) electrons. The number of carbonyl (C=O) groups is 1. The number of carbonyl (C=O) groups excluding carboxylic acids is 1. The summed E-state index contributed by atoms with van der Waals surface area (Å²) in [6.45, 7) is 9.50. The van der Waals surface area contributed by atoms with Gasteiger partial charge in [-0.3, -0.25) is 15.0 Å². The van der Waals surface area contributed by atoms with Gasteiger partial charge in [-0.05, 0) is 132 Å². The molecule has 0 unspecified atom stereocenters. The monoisotopic (exact) mass is 1170 g/mol. The lowest BCUT2D eigenvalue weighted by atomic mass is 9.87. The fourth-order valence-corrected chi connectivity index (χ4v) is 12.3. The molecule has 3 saturated carbocycles. The van der Waals surface area contributed by atoms with Gasteiger partial charge in [-0.25, -0.2) is 31.1 Å². The van der Waals surface area contributed by atoms with Crippen molar-refractivity contribution in [2.75, 3.05) is 18.6 Å². The Morgan fingerprint density at radius 2 is 0.988 bits per heavy atom. The van der Waals surface area contributed by atoms with Crippen LogP contribution in [-0.4, -0.2) is 75.0 Å². The number of nitrogens with zero attached hydrogens (tertiary/aromatic N) is 9. The SMILES string of the molecule is COC(=O)c1ccc(-c2cn(CC3CCC(F)(F)CC3)c3cc(-c4c(C)noc4C)cnc23)cc1.Cc1noc(N)c1-c1cnc2ccn(CC3CCC(F)(F)CC3)c2c1.Cc1onc(N)c1-c1cnc2ccn(CC3CCC(F)(F)CC3)c2c1. The molecule has 4 N–H and O–H groups in total. The van der Waals surface area contributed by atoms with Crippen LogP contribution >= 0.6 is 0 Å². The molecule has 1 aromatic carbocycles. The third-order valence-electron chi connectivity index (χ3n) is 17.1. The van der Waals surface area contributed by atoms with Crippen molar-refractivity contribution in [2.45, 2.75) is 142 Å². The number of methoxy groups -OCH3 is 1. The Hall–Kier alpha value is -8.43. The molecule has 446 valence electrons. The number of halogens is 6. The van der Waals surface area contributed by atoms with E-state index in [1.807, 2.05) is 88.9 Å². The van der Waals surface area contributed by atoms with Crippen molar-refractivity contribution in [1.29, 1.82) is 0 Å². The Kier molecular flexibility index (Phi) is 16.2. The average Bonchev–Trinajstić information content (AvgIpc) is 4.24. The van der Waals surface area contributed by atoms with Gasteiger partial charge in [0.15, 0.2) is 5.82 Å². The molecule has 22 heteroatoms. The van der Waals surface area contributed by atoms with Crippen LogP contribution in [0.25, 0.3) is 77.6 Å². The van der Waals surface area contributed by atoms with E-state index >= 15 is 0 Å². The first-order valence-electron chi connectivity index (χ1n) is 28.7. The highest BCUT2D eigenvalue weighted by Gasteiger charge is 2.37. The van der Waals surface area contributed by atoms with Crippen LogP contribution in [0.1, 0.15) is 110 Å². The second kappa shape index (κ2) is 23.6. The maximum Gasteiger partial charge on any atom is 0.337 e. The second-order valence-corrected chi connectivity index (χ2v) is 23.2. The topological polar surface area (TPSA) is 210 Å². The molecule has 3 aliphatic carbocycles. The van der Waals surface area contributed by atoms with E-state index in [0.717, 1.165) is 102 Å². The van der Waals surface area contributed by atoms with E-state index in [9.17, 15) is 31.1 Å². The van der Waals surface area contributed by atoms with Crippen LogP contribution in [0, 0.1) is 45.4 Å². The van der Waals surface area contributed by atoms with E-state index in [-0.39, 0.29) is 62.2 Å². The number of esters is 1. The molecule has 13 rings (SSSR count). The minimum atomic E-state index is -2.56. The molecule has 16 nitrogen and oxygen atoms in total. The number of alkyl halides is 6. The minimum absolute atomic E-state index is 0.0171. The number of ether oxygens (including phenoxy) is 1. The van der Waals surface area contributed by atoms with Gasteiger partial charge in [0.1, 0.15) is 11.5 Å². The fourth-order valence-electron chi connectivity index (χ4n) is 12.3. The molecule has 0 spiro atoms. The van der Waals surface area contributed by atoms with Gasteiger partial charge in [0, 0.05) is 123 Å². The van der Waals surface area contributed by atoms with E-state index in [0.29, 0.717) is 67.9 Å². The number of aryl methyl sites for hydroxylation is 4. The number of rotatable bonds is 11. The summed E-state index contributed by atoms with van der Waals surface area (Å²) in [5.74, 6) is -5.26. The van der Waals surface area contributed by atoms with Gasteiger partial charge in [0.05, 0.1) is 68.3 Å². The Morgan fingerprint density at radius 3 is 1.45 bits per heavy atom. The van der Waals surface area contributed by atoms with Crippen LogP contribution in [0.2, 0.25) is 0 Å². The fraction of sp³-hybridized carbons (Fsp3) is 0.413. The zero-order valence-corrected chi connectivity index (χ0v) is 48.0. The lowest BCUT2D eigenvalue weighted by molar-refractivity contribution is -0.0477. The van der Waals surface area contributed by atoms with Gasteiger partial charge in [-0.1, -0.05) is 27.6 Å². The summed E-state index contributed by atoms with van der Waals surface area (Å²) in [6, 6.07) is 17.2. The summed E-state index contributed by atoms with van der Waals surface area (Å²) >= 11 is 0. The van der Waals surface area contributed by atoms with Crippen molar-refractivity contribution in [3.8, 4) is 44.5 Å². The minimum Gasteiger partial charge on any atom is -0.465 e. The average molecular weight is 1170 g/mol. The molecule has 9 heterocycles. The van der Waals surface area contributed by atoms with Gasteiger partial charge < -0.3 is 43.5 Å². The number of nitrogens with two attached hydrogens (primary N) is 2. The number of nitrogen functional groups attached to an aromatic ring is 2. The molecule has 9 aromatic heterocycles. The molecule has 3 fully saturated rings. The van der Waals surface area contributed by atoms with Crippen LogP contribution in [-0.2, 0) is 24.4 Å². The van der Waals surface area contributed by atoms with E-state index < -0.39 is 23.7 Å². The highest BCUT2D eigenvalue weighted by Crippen LogP contribution is 2.42. The Morgan fingerprint density at radius 1 is 0.553 bits per heavy atom. The number of hydrogen-bond donors (Lipinski definition) is 2. The lowest BCUT2D eigenvalue weighted by Gasteiger charge is -2.28. The predicted octanol–water partition coefficient (Wildman–Crippen LogP) is 15.4. The third kappa shape index (κ3) is 12.7. The third-order valence-corrected chi connectivity index (χ3v) is 17.1. The molecule has 0 saturated heterocycles. The summed E-state index contributed by atoms with van der Waals surface area (Å²) in [4.78, 5) is 25.6. The highest BCUT2D eigenvalue weighted by atomic mass is 19.3. The van der Waals surface area contributed by atoms with Crippen molar-refractivity contribution in [2.24, 2.45) is 17.8 Å². The molecule has 0 bridgehead atoms. The van der Waals surface area contributed by atoms with Gasteiger partial charge >= 0.3 is 5.97 Å². The summed E-state index contributed by atoms with van der Waals surface area (Å²) in [7, 11) is 1.35. The van der Waals surface area contributed by atoms with Crippen molar-refractivity contribution in [3.63, 3.8) is 0 Å². The highest BCUT2D eigenvalue weighted by molar-refractivity contribution is 5.96. The van der Waals surface area contributed by atoms with Crippen LogP contribution in [0.15, 0.2) is 105 Å². The summed E-state index contributed by atoms with van der Waals surface area (Å²) in [5, 5.41) is 11.7. The molecule has 10 aromatic rings. The number of hydrogen-bond acceptors (Lipinski definition) is 13. The Balaban J connectivity index is 0.000000136. The first-order valence-corrected chi connectivity index (χ1v) is 28.7. The zero-order chi connectivity index (χ0) is 60.0. The van der Waals surface area contributed by atoms with Crippen molar-refractivity contribution < 1.29 is 49.4 Å². The molecule has 85 heavy (non-hydrogen) atoms. The number of pyridine rings is 3. The molecular formula is C63H67F6N11O5. The molecule has 0 atom stereocenters. The summed E-state index contributed by atoms with van der Waals surface area (Å²) in [5.41, 5.74) is 26.0. The zero-order valence-electron chi connectivity index (χ0n) is 48.0. The number of anilines is 2. The largest absolute Gasteiger partial charge is 0.465 e. The Labute approximate surface area is 485 Å². The molecular weight excluding hydrogens is 1100 g/mol. The summed E-state index contributed by atoms with van der Waals surface area (Å²) < 4.78 is 108. The number of fused-ring (bicyclic) bond motifs is 3. The van der Waals surface area contributed by atoms with E-state index in [2.05, 4.69) is 45.2 Å². The van der Waals surface area contributed by atoms with Crippen LogP contribution in [0.4, 0.5) is 38.0 Å². The quantitative estimate of drug-likeness (QED) is 0.0913. The summed E-state index contributed by atoms with van der Waals surface area (Å²) in [6.07, 6.45) is 14.3. The molecule has 3 aliphatic rings. The van der Waals surface area contributed by atoms with E-state index in [1.165, 1.54) is 7.11 Å². The maximum atomic E-state index is 13.7. The van der Waals surface area contributed by atoms with Gasteiger partial charge in [-0.15, -0.1) is 0 Å². The van der Waals surface area contributed by atoms with Crippen molar-refractivity contribution in [1.82, 2.24) is 44.1 Å². The van der Waals surface area contributed by atoms with Crippen molar-refractivity contribution in [3.05, 3.63) is 120 Å². The molecule has 0 aliphatic heterocycles. The number of benzene rings is 1. The molecule has 0 amide bonds. The van der Waals surface area contributed by atoms with E-state index in [1.54, 1.807) is 24.5 Å². The normalized spacial score (nSPS) is 17.2. The smallest absolute Gasteiger partial charge is 0.337 e. The van der Waals surface area contributed by atoms with Crippen LogP contribution in [0.5, 0.6) is 0 Å². The second-order valence-electron chi connectivity index (χ2n) is 23.2. The van der Waals surface area contributed by atoms with Gasteiger partial charge in [0.2, 0.25) is 23.7 Å². The standard InChI is InChI=1S/C27H27F2N3O3.2C18H20F2N4O/c1-16-24(17(2)35-31-16)21-12-23-25(30-13-21)22(19-4-6-20(7-5-19)26(33)34-3)15-32(23)14-18-8-10-27(28,29)11-9-18;1-11-16(17(21)23-25-11)13-8-15-14(22-9-13)4-7-24(15)10-12-2-5-18(19,20)6-3-12;1-11-16(17(21)25-23-11)13-8-15-14(22-9-13)4-7-24(15)10-12-2-5-18(19,20)6-3-12/h4-7,12-13,15,18H,8-11,14H2,1-3H3;4,7-9,12H,2-3,5-6,10H2,1H3,(H2,21,23);4,7-9,12H,2-3,5-6,10,21H2,1H3. The van der Waals surface area contributed by atoms with Crippen LogP contribution < -0.4 is 11.5 Å². The Bertz CT molecular complexity index is 3790. The van der Waals surface area contributed by atoms with Crippen LogP contribution in [0.3, 0.4) is 0 Å². The van der Waals surface area contributed by atoms with Gasteiger partial charge in [0.25, 0.3) is 0 Å². The van der Waals surface area contributed by atoms with Gasteiger partial charge in [-0.2, -0.15) is 0 Å². The van der Waals surface area contributed by atoms with E-state index in [4.69, 9.17) is 34.8 Å². The lowest BCUT2D eigenvalue weighted by Crippen LogP contribution is -2.26. The predicted molar refractivity (Wildman–Crippen MR) is 311 cm³/mol. The van der Waals surface area contributed by atoms with Crippen molar-refractivity contribution >= 4 is 50.8 Å². The first-order chi connectivity index (χ1) is 40.6. The number of aromatic nitrogens is 9. The maximum absolute atomic E-state index is 13.7. The first kappa shape index (κ1) is 58.3.